The summed E-state index contributed by atoms with van der Waals surface area (Å²) in [4.78, 5) is 24.1. The van der Waals surface area contributed by atoms with Crippen molar-refractivity contribution >= 4 is 30.1 Å². The van der Waals surface area contributed by atoms with E-state index in [1.807, 2.05) is 27.7 Å². The number of anilines is 1. The highest BCUT2D eigenvalue weighted by atomic mass is 19.1. The molecule has 1 aliphatic rings. The summed E-state index contributed by atoms with van der Waals surface area (Å²) in [7, 11) is -0.936. The summed E-state index contributed by atoms with van der Waals surface area (Å²) in [5.74, 6) is -4.32. The smallest absolute Gasteiger partial charge is 0.447 e. The van der Waals surface area contributed by atoms with Crippen molar-refractivity contribution < 1.29 is 36.8 Å². The quantitative estimate of drug-likeness (QED) is 0.558. The van der Waals surface area contributed by atoms with E-state index in [4.69, 9.17) is 14.0 Å². The minimum absolute atomic E-state index is 0.0433. The summed E-state index contributed by atoms with van der Waals surface area (Å²) in [5, 5.41) is 2.39. The number of esters is 1. The monoisotopic (exact) mass is 449 g/mol. The van der Waals surface area contributed by atoms with Gasteiger partial charge < -0.3 is 19.4 Å². The molecule has 32 heavy (non-hydrogen) atoms. The van der Waals surface area contributed by atoms with Gasteiger partial charge in [0.05, 0.1) is 11.2 Å². The van der Waals surface area contributed by atoms with Crippen molar-refractivity contribution in [2.75, 3.05) is 5.32 Å². The lowest BCUT2D eigenvalue weighted by molar-refractivity contribution is -0.152. The predicted molar refractivity (Wildman–Crippen MR) is 112 cm³/mol. The first kappa shape index (κ1) is 23.8. The molecule has 3 rings (SSSR count). The molecular weight excluding hydrogens is 426 g/mol. The number of hydrogen-bond acceptors (Lipinski definition) is 5. The van der Waals surface area contributed by atoms with Crippen molar-refractivity contribution in [2.45, 2.75) is 51.9 Å². The minimum Gasteiger partial charge on any atom is -0.447 e. The first-order chi connectivity index (χ1) is 14.8. The van der Waals surface area contributed by atoms with Crippen LogP contribution in [0.25, 0.3) is 0 Å². The van der Waals surface area contributed by atoms with E-state index in [0.717, 1.165) is 25.1 Å². The Labute approximate surface area is 184 Å². The molecule has 0 saturated carbocycles. The highest BCUT2D eigenvalue weighted by Gasteiger charge is 2.52. The van der Waals surface area contributed by atoms with E-state index in [1.54, 1.807) is 0 Å². The van der Waals surface area contributed by atoms with Gasteiger partial charge in [0.25, 0.3) is 5.91 Å². The normalized spacial score (nSPS) is 17.7. The Bertz CT molecular complexity index is 1020. The predicted octanol–water partition coefficient (Wildman–Crippen LogP) is 3.65. The van der Waals surface area contributed by atoms with Gasteiger partial charge in [0, 0.05) is 29.7 Å². The van der Waals surface area contributed by atoms with Crippen molar-refractivity contribution in [3.8, 4) is 0 Å². The van der Waals surface area contributed by atoms with Gasteiger partial charge in [-0.05, 0) is 52.0 Å². The molecule has 1 amide bonds. The summed E-state index contributed by atoms with van der Waals surface area (Å²) < 4.78 is 58.6. The Morgan fingerprint density at radius 2 is 1.53 bits per heavy atom. The number of carbonyl (C=O) groups is 2. The van der Waals surface area contributed by atoms with E-state index >= 15 is 0 Å². The van der Waals surface area contributed by atoms with E-state index < -0.39 is 53.8 Å². The second-order valence-electron chi connectivity index (χ2n) is 8.51. The van der Waals surface area contributed by atoms with Gasteiger partial charge in [-0.1, -0.05) is 6.07 Å². The lowest BCUT2D eigenvalue weighted by Crippen LogP contribution is -2.41. The highest BCUT2D eigenvalue weighted by molar-refractivity contribution is 6.62. The highest BCUT2D eigenvalue weighted by Crippen LogP contribution is 2.36. The Balaban J connectivity index is 1.82. The lowest BCUT2D eigenvalue weighted by Gasteiger charge is -2.32. The van der Waals surface area contributed by atoms with E-state index in [2.05, 4.69) is 5.32 Å². The molecule has 0 aromatic heterocycles. The Hall–Kier alpha value is -2.85. The van der Waals surface area contributed by atoms with Crippen molar-refractivity contribution in [2.24, 2.45) is 0 Å². The van der Waals surface area contributed by atoms with Crippen LogP contribution in [0, 0.1) is 17.5 Å². The molecule has 1 unspecified atom stereocenters. The van der Waals surface area contributed by atoms with E-state index in [1.165, 1.54) is 12.1 Å². The molecule has 2 aromatic rings. The number of benzene rings is 2. The number of amides is 1. The van der Waals surface area contributed by atoms with Gasteiger partial charge >= 0.3 is 13.1 Å². The van der Waals surface area contributed by atoms with Crippen LogP contribution in [-0.2, 0) is 23.6 Å². The number of nitrogens with one attached hydrogen (secondary N) is 1. The van der Waals surface area contributed by atoms with Crippen LogP contribution in [0.1, 0.15) is 46.3 Å². The van der Waals surface area contributed by atoms with Crippen molar-refractivity contribution in [1.82, 2.24) is 0 Å². The lowest BCUT2D eigenvalue weighted by atomic mass is 9.78. The second kappa shape index (κ2) is 8.59. The third kappa shape index (κ3) is 4.97. The topological polar surface area (TPSA) is 73.9 Å². The molecular formula is C22H23BF3NO5. The van der Waals surface area contributed by atoms with Gasteiger partial charge in [0.15, 0.2) is 0 Å². The van der Waals surface area contributed by atoms with Gasteiger partial charge in [0.1, 0.15) is 17.5 Å². The average Bonchev–Trinajstić information content (AvgIpc) is 2.85. The third-order valence-corrected chi connectivity index (χ3v) is 5.48. The molecule has 10 heteroatoms. The van der Waals surface area contributed by atoms with Gasteiger partial charge in [-0.15, -0.1) is 0 Å². The number of rotatable bonds is 5. The fraction of sp³-hybridized carbons (Fsp3) is 0.364. The molecule has 170 valence electrons. The molecule has 0 aliphatic carbocycles. The Morgan fingerprint density at radius 1 is 0.969 bits per heavy atom. The summed E-state index contributed by atoms with van der Waals surface area (Å²) >= 11 is 0. The largest absolute Gasteiger partial charge is 0.497 e. The maximum Gasteiger partial charge on any atom is 0.497 e. The van der Waals surface area contributed by atoms with Crippen LogP contribution in [0.2, 0.25) is 0 Å². The standard InChI is InChI=1S/C22H23BF3NO5/c1-12(28)30-19(13-8-14(24)10-15(25)9-13)20(29)27-16-6-7-17(18(26)11-16)23-31-21(2,3)22(4,5)32-23/h6-11,19H,1-5H3,(H,27,29). The van der Waals surface area contributed by atoms with Crippen molar-refractivity contribution in [3.63, 3.8) is 0 Å². The van der Waals surface area contributed by atoms with E-state index in [0.29, 0.717) is 6.07 Å². The molecule has 1 saturated heterocycles. The van der Waals surface area contributed by atoms with Crippen LogP contribution in [0.3, 0.4) is 0 Å². The zero-order chi connectivity index (χ0) is 23.8. The summed E-state index contributed by atoms with van der Waals surface area (Å²) in [6, 6.07) is 6.23. The summed E-state index contributed by atoms with van der Waals surface area (Å²) in [6.45, 7) is 8.40. The van der Waals surface area contributed by atoms with E-state index in [9.17, 15) is 22.8 Å². The maximum atomic E-state index is 14.8. The molecule has 1 N–H and O–H groups in total. The first-order valence-corrected chi connectivity index (χ1v) is 9.88. The van der Waals surface area contributed by atoms with Gasteiger partial charge in [-0.2, -0.15) is 0 Å². The summed E-state index contributed by atoms with van der Waals surface area (Å²) in [6.07, 6.45) is -1.64. The van der Waals surface area contributed by atoms with Crippen LogP contribution in [-0.4, -0.2) is 30.2 Å². The number of hydrogen-bond donors (Lipinski definition) is 1. The Morgan fingerprint density at radius 3 is 2.03 bits per heavy atom. The Kier molecular flexibility index (Phi) is 6.39. The van der Waals surface area contributed by atoms with E-state index in [-0.39, 0.29) is 16.7 Å². The summed E-state index contributed by atoms with van der Waals surface area (Å²) in [5.41, 5.74) is -1.33. The molecule has 6 nitrogen and oxygen atoms in total. The zero-order valence-electron chi connectivity index (χ0n) is 18.3. The van der Waals surface area contributed by atoms with Crippen LogP contribution in [0.5, 0.6) is 0 Å². The minimum atomic E-state index is -1.64. The molecule has 1 aliphatic heterocycles. The van der Waals surface area contributed by atoms with Crippen LogP contribution in [0.15, 0.2) is 36.4 Å². The molecule has 0 spiro atoms. The maximum absolute atomic E-state index is 14.8. The third-order valence-electron chi connectivity index (χ3n) is 5.48. The molecule has 1 atom stereocenters. The second-order valence-corrected chi connectivity index (χ2v) is 8.51. The van der Waals surface area contributed by atoms with Gasteiger partial charge in [-0.25, -0.2) is 13.2 Å². The number of carbonyl (C=O) groups excluding carboxylic acids is 2. The number of ether oxygens (including phenoxy) is 1. The van der Waals surface area contributed by atoms with Gasteiger partial charge in [0.2, 0.25) is 6.10 Å². The first-order valence-electron chi connectivity index (χ1n) is 9.88. The molecule has 0 radical (unpaired) electrons. The van der Waals surface area contributed by atoms with Gasteiger partial charge in [-0.3, -0.25) is 9.59 Å². The fourth-order valence-corrected chi connectivity index (χ4v) is 3.14. The average molecular weight is 449 g/mol. The molecule has 2 aromatic carbocycles. The van der Waals surface area contributed by atoms with Crippen LogP contribution in [0.4, 0.5) is 18.9 Å². The van der Waals surface area contributed by atoms with Crippen LogP contribution >= 0.6 is 0 Å². The molecule has 1 fully saturated rings. The fourth-order valence-electron chi connectivity index (χ4n) is 3.14. The van der Waals surface area contributed by atoms with Crippen molar-refractivity contribution in [3.05, 3.63) is 59.4 Å². The van der Waals surface area contributed by atoms with Crippen molar-refractivity contribution in [1.29, 1.82) is 0 Å². The number of halogens is 3. The molecule has 0 bridgehead atoms. The zero-order valence-corrected chi connectivity index (χ0v) is 18.3. The SMILES string of the molecule is CC(=O)OC(C(=O)Nc1ccc(B2OC(C)(C)C(C)(C)O2)c(F)c1)c1cc(F)cc(F)c1. The van der Waals surface area contributed by atoms with Crippen LogP contribution < -0.4 is 10.8 Å². The molecule has 1 heterocycles.